The molecule has 1 amide bonds. The molecule has 0 atom stereocenters. The fourth-order valence-electron chi connectivity index (χ4n) is 0.816. The van der Waals surface area contributed by atoms with Gasteiger partial charge in [0.25, 0.3) is 0 Å². The molecule has 15 heavy (non-hydrogen) atoms. The van der Waals surface area contributed by atoms with E-state index in [1.54, 1.807) is 0 Å². The Morgan fingerprint density at radius 3 is 2.20 bits per heavy atom. The fourth-order valence-corrected chi connectivity index (χ4v) is 1.29. The van der Waals surface area contributed by atoms with Crippen molar-refractivity contribution in [2.75, 3.05) is 19.3 Å². The predicted octanol–water partition coefficient (Wildman–Crippen LogP) is -0.979. The lowest BCUT2D eigenvalue weighted by molar-refractivity contribution is -0.124. The summed E-state index contributed by atoms with van der Waals surface area (Å²) in [6.45, 7) is 1.80. The molecule has 6 nitrogen and oxygen atoms in total. The van der Waals surface area contributed by atoms with E-state index in [0.717, 1.165) is 6.26 Å². The van der Waals surface area contributed by atoms with Crippen molar-refractivity contribution in [3.05, 3.63) is 0 Å². The molecule has 0 aliphatic carbocycles. The van der Waals surface area contributed by atoms with Crippen LogP contribution >= 0.6 is 0 Å². The van der Waals surface area contributed by atoms with Crippen LogP contribution < -0.4 is 10.0 Å². The SMILES string of the molecule is CC(=O)CCC(=O)NCCNS(C)(=O)=O. The van der Waals surface area contributed by atoms with E-state index in [0.29, 0.717) is 0 Å². The Hall–Kier alpha value is -0.950. The molecule has 0 aromatic carbocycles. The topological polar surface area (TPSA) is 92.3 Å². The lowest BCUT2D eigenvalue weighted by atomic mass is 10.2. The Balaban J connectivity index is 3.52. The first-order valence-electron chi connectivity index (χ1n) is 4.52. The smallest absolute Gasteiger partial charge is 0.220 e. The van der Waals surface area contributed by atoms with Crippen molar-refractivity contribution >= 4 is 21.7 Å². The van der Waals surface area contributed by atoms with E-state index in [4.69, 9.17) is 0 Å². The molecule has 0 radical (unpaired) electrons. The van der Waals surface area contributed by atoms with Gasteiger partial charge >= 0.3 is 0 Å². The number of rotatable bonds is 7. The second kappa shape index (κ2) is 6.52. The standard InChI is InChI=1S/C8H16N2O4S/c1-7(11)3-4-8(12)9-5-6-10-15(2,13)14/h10H,3-6H2,1-2H3,(H,9,12). The van der Waals surface area contributed by atoms with Crippen molar-refractivity contribution in [3.8, 4) is 0 Å². The number of carbonyl (C=O) groups excluding carboxylic acids is 2. The number of nitrogens with one attached hydrogen (secondary N) is 2. The van der Waals surface area contributed by atoms with Gasteiger partial charge in [-0.05, 0) is 6.92 Å². The zero-order chi connectivity index (χ0) is 11.9. The van der Waals surface area contributed by atoms with Crippen molar-refractivity contribution < 1.29 is 18.0 Å². The van der Waals surface area contributed by atoms with Crippen LogP contribution in [-0.4, -0.2) is 39.5 Å². The minimum atomic E-state index is -3.20. The van der Waals surface area contributed by atoms with Gasteiger partial charge in [0.2, 0.25) is 15.9 Å². The summed E-state index contributed by atoms with van der Waals surface area (Å²) in [5.74, 6) is -0.292. The molecule has 88 valence electrons. The molecule has 0 aromatic heterocycles. The highest BCUT2D eigenvalue weighted by atomic mass is 32.2. The fraction of sp³-hybridized carbons (Fsp3) is 0.750. The van der Waals surface area contributed by atoms with Crippen molar-refractivity contribution in [1.82, 2.24) is 10.0 Å². The van der Waals surface area contributed by atoms with Crippen LogP contribution in [0.1, 0.15) is 19.8 Å². The second-order valence-electron chi connectivity index (χ2n) is 3.22. The largest absolute Gasteiger partial charge is 0.355 e. The zero-order valence-corrected chi connectivity index (χ0v) is 9.69. The number of ketones is 1. The normalized spacial score (nSPS) is 11.1. The summed E-state index contributed by atoms with van der Waals surface area (Å²) in [6.07, 6.45) is 1.41. The molecular weight excluding hydrogens is 220 g/mol. The van der Waals surface area contributed by atoms with Gasteiger partial charge in [0.1, 0.15) is 5.78 Å². The molecule has 0 rings (SSSR count). The molecule has 7 heteroatoms. The van der Waals surface area contributed by atoms with Crippen LogP contribution in [0.25, 0.3) is 0 Å². The summed E-state index contributed by atoms with van der Waals surface area (Å²) in [7, 11) is -3.20. The Morgan fingerprint density at radius 1 is 1.13 bits per heavy atom. The van der Waals surface area contributed by atoms with Crippen molar-refractivity contribution in [1.29, 1.82) is 0 Å². The third kappa shape index (κ3) is 11.0. The summed E-state index contributed by atoms with van der Waals surface area (Å²) in [4.78, 5) is 21.6. The van der Waals surface area contributed by atoms with Gasteiger partial charge in [0.05, 0.1) is 6.26 Å². The Bertz CT molecular complexity index is 324. The molecule has 2 N–H and O–H groups in total. The summed E-state index contributed by atoms with van der Waals surface area (Å²) >= 11 is 0. The van der Waals surface area contributed by atoms with Crippen LogP contribution in [0.3, 0.4) is 0 Å². The summed E-state index contributed by atoms with van der Waals surface area (Å²) in [5.41, 5.74) is 0. The number of Topliss-reactive ketones (excluding diaryl/α,β-unsaturated/α-hetero) is 1. The van der Waals surface area contributed by atoms with E-state index in [-0.39, 0.29) is 37.6 Å². The molecular formula is C8H16N2O4S. The van der Waals surface area contributed by atoms with Gasteiger partial charge < -0.3 is 10.1 Å². The van der Waals surface area contributed by atoms with Gasteiger partial charge in [-0.3, -0.25) is 4.79 Å². The monoisotopic (exact) mass is 236 g/mol. The summed E-state index contributed by atoms with van der Waals surface area (Å²) in [5, 5.41) is 2.49. The number of sulfonamides is 1. The summed E-state index contributed by atoms with van der Waals surface area (Å²) in [6, 6.07) is 0. The van der Waals surface area contributed by atoms with E-state index in [1.807, 2.05) is 0 Å². The highest BCUT2D eigenvalue weighted by molar-refractivity contribution is 7.88. The highest BCUT2D eigenvalue weighted by Crippen LogP contribution is 1.89. The van der Waals surface area contributed by atoms with Crippen molar-refractivity contribution in [2.45, 2.75) is 19.8 Å². The van der Waals surface area contributed by atoms with Gasteiger partial charge in [0, 0.05) is 25.9 Å². The third-order valence-electron chi connectivity index (χ3n) is 1.52. The molecule has 0 saturated carbocycles. The minimum Gasteiger partial charge on any atom is -0.355 e. The van der Waals surface area contributed by atoms with Crippen LogP contribution in [0.15, 0.2) is 0 Å². The Morgan fingerprint density at radius 2 is 1.73 bits per heavy atom. The molecule has 0 fully saturated rings. The van der Waals surface area contributed by atoms with Gasteiger partial charge in [-0.25, -0.2) is 13.1 Å². The molecule has 0 aliphatic heterocycles. The maximum absolute atomic E-state index is 11.0. The molecule has 0 saturated heterocycles. The number of carbonyl (C=O) groups is 2. The molecule has 0 bridgehead atoms. The second-order valence-corrected chi connectivity index (χ2v) is 5.05. The van der Waals surface area contributed by atoms with Crippen molar-refractivity contribution in [3.63, 3.8) is 0 Å². The van der Waals surface area contributed by atoms with Gasteiger partial charge in [-0.15, -0.1) is 0 Å². The van der Waals surface area contributed by atoms with Crippen LogP contribution in [0.5, 0.6) is 0 Å². The lowest BCUT2D eigenvalue weighted by Gasteiger charge is -2.04. The van der Waals surface area contributed by atoms with Crippen LogP contribution in [0.2, 0.25) is 0 Å². The zero-order valence-electron chi connectivity index (χ0n) is 8.87. The first-order valence-corrected chi connectivity index (χ1v) is 6.41. The predicted molar refractivity (Wildman–Crippen MR) is 55.8 cm³/mol. The van der Waals surface area contributed by atoms with E-state index in [2.05, 4.69) is 10.0 Å². The van der Waals surface area contributed by atoms with Crippen LogP contribution in [-0.2, 0) is 19.6 Å². The van der Waals surface area contributed by atoms with Gasteiger partial charge in [-0.1, -0.05) is 0 Å². The molecule has 0 spiro atoms. The third-order valence-corrected chi connectivity index (χ3v) is 2.24. The first-order chi connectivity index (χ1) is 6.81. The first kappa shape index (κ1) is 14.1. The van der Waals surface area contributed by atoms with Crippen LogP contribution in [0.4, 0.5) is 0 Å². The molecule has 0 aromatic rings. The molecule has 0 heterocycles. The summed E-state index contributed by atoms with van der Waals surface area (Å²) < 4.78 is 23.5. The number of hydrogen-bond acceptors (Lipinski definition) is 4. The maximum atomic E-state index is 11.0. The maximum Gasteiger partial charge on any atom is 0.220 e. The average molecular weight is 236 g/mol. The Labute approximate surface area is 89.5 Å². The Kier molecular flexibility index (Phi) is 6.11. The van der Waals surface area contributed by atoms with Gasteiger partial charge in [0.15, 0.2) is 0 Å². The number of amides is 1. The van der Waals surface area contributed by atoms with E-state index < -0.39 is 10.0 Å². The van der Waals surface area contributed by atoms with Crippen LogP contribution in [0, 0.1) is 0 Å². The molecule has 0 unspecified atom stereocenters. The lowest BCUT2D eigenvalue weighted by Crippen LogP contribution is -2.34. The van der Waals surface area contributed by atoms with Gasteiger partial charge in [-0.2, -0.15) is 0 Å². The highest BCUT2D eigenvalue weighted by Gasteiger charge is 2.03. The minimum absolute atomic E-state index is 0.0422. The van der Waals surface area contributed by atoms with E-state index in [1.165, 1.54) is 6.92 Å². The van der Waals surface area contributed by atoms with E-state index >= 15 is 0 Å². The quantitative estimate of drug-likeness (QED) is 0.556. The van der Waals surface area contributed by atoms with E-state index in [9.17, 15) is 18.0 Å². The van der Waals surface area contributed by atoms with Crippen molar-refractivity contribution in [2.24, 2.45) is 0 Å². The average Bonchev–Trinajstić information content (AvgIpc) is 2.07. The number of hydrogen-bond donors (Lipinski definition) is 2. The molecule has 0 aliphatic rings.